The fourth-order valence-electron chi connectivity index (χ4n) is 1.14. The Morgan fingerprint density at radius 3 is 2.07 bits per heavy atom. The fourth-order valence-corrected chi connectivity index (χ4v) is 1.14. The van der Waals surface area contributed by atoms with E-state index in [2.05, 4.69) is 10.2 Å². The quantitative estimate of drug-likeness (QED) is 0.613. The van der Waals surface area contributed by atoms with Crippen molar-refractivity contribution in [2.24, 2.45) is 0 Å². The van der Waals surface area contributed by atoms with Crippen LogP contribution in [-0.2, 0) is 0 Å². The third-order valence-corrected chi connectivity index (χ3v) is 1.81. The van der Waals surface area contributed by atoms with Gasteiger partial charge in [0.1, 0.15) is 0 Å². The minimum atomic E-state index is -0.296. The van der Waals surface area contributed by atoms with Gasteiger partial charge in [0, 0.05) is 5.22 Å². The summed E-state index contributed by atoms with van der Waals surface area (Å²) in [4.78, 5) is 22.6. The maximum atomic E-state index is 11.3. The first-order valence-corrected chi connectivity index (χ1v) is 4.31. The van der Waals surface area contributed by atoms with Crippen molar-refractivity contribution in [1.82, 2.24) is 10.2 Å². The van der Waals surface area contributed by atoms with Crippen molar-refractivity contribution in [3.8, 4) is 0 Å². The molecule has 0 fully saturated rings. The number of H-pyrrole nitrogens is 2. The van der Waals surface area contributed by atoms with Gasteiger partial charge in [-0.25, -0.2) is 0 Å². The predicted octanol–water partition coefficient (Wildman–Crippen LogP) is -0.780. The highest BCUT2D eigenvalue weighted by Gasteiger charge is 1.93. The number of allylic oxidation sites excluding steroid dienone is 2. The second-order valence-electron chi connectivity index (χ2n) is 2.72. The summed E-state index contributed by atoms with van der Waals surface area (Å²) >= 11 is 0. The first-order chi connectivity index (χ1) is 6.70. The largest absolute Gasteiger partial charge is 0.270 e. The van der Waals surface area contributed by atoms with E-state index in [0.29, 0.717) is 10.4 Å². The highest BCUT2D eigenvalue weighted by Crippen LogP contribution is 1.67. The lowest BCUT2D eigenvalue weighted by atomic mass is 10.3. The van der Waals surface area contributed by atoms with E-state index in [-0.39, 0.29) is 11.1 Å². The molecule has 0 aliphatic heterocycles. The van der Waals surface area contributed by atoms with E-state index in [1.807, 2.05) is 6.92 Å². The Kier molecular flexibility index (Phi) is 3.23. The van der Waals surface area contributed by atoms with Crippen molar-refractivity contribution in [2.45, 2.75) is 13.8 Å². The van der Waals surface area contributed by atoms with E-state index in [4.69, 9.17) is 0 Å². The zero-order valence-electron chi connectivity index (χ0n) is 8.13. The highest BCUT2D eigenvalue weighted by molar-refractivity contribution is 5.37. The van der Waals surface area contributed by atoms with Crippen LogP contribution in [0.2, 0.25) is 0 Å². The molecular formula is C10H12N2O2. The molecule has 0 unspecified atom stereocenters. The van der Waals surface area contributed by atoms with Crippen LogP contribution >= 0.6 is 0 Å². The van der Waals surface area contributed by atoms with Crippen molar-refractivity contribution in [3.63, 3.8) is 0 Å². The molecule has 1 aromatic heterocycles. The monoisotopic (exact) mass is 192 g/mol. The van der Waals surface area contributed by atoms with Gasteiger partial charge in [-0.3, -0.25) is 19.8 Å². The Labute approximate surface area is 80.3 Å². The molecule has 4 nitrogen and oxygen atoms in total. The first kappa shape index (κ1) is 10.2. The van der Waals surface area contributed by atoms with Crippen LogP contribution in [0.15, 0.2) is 21.7 Å². The van der Waals surface area contributed by atoms with E-state index >= 15 is 0 Å². The molecule has 74 valence electrons. The van der Waals surface area contributed by atoms with E-state index in [1.165, 1.54) is 0 Å². The molecule has 1 rings (SSSR count). The van der Waals surface area contributed by atoms with Gasteiger partial charge in [0.25, 0.3) is 11.1 Å². The van der Waals surface area contributed by atoms with Gasteiger partial charge in [0.05, 0.1) is 5.22 Å². The van der Waals surface area contributed by atoms with Crippen LogP contribution in [0.25, 0.3) is 12.2 Å². The Bertz CT molecular complexity index is 561. The standard InChI is InChI=1S/C10H12N2O2/c1-3-5-6-8-7(4-2)9(13)11-12-10(8)14/h3-6H,1-2H3,(H,11,13)(H,12,14)/b5-3-,7-4+,8-6+. The molecule has 0 aliphatic carbocycles. The third-order valence-electron chi connectivity index (χ3n) is 1.81. The van der Waals surface area contributed by atoms with Gasteiger partial charge in [-0.05, 0) is 19.9 Å². The summed E-state index contributed by atoms with van der Waals surface area (Å²) < 4.78 is 0. The fraction of sp³-hybridized carbons (Fsp3) is 0.200. The van der Waals surface area contributed by atoms with Crippen molar-refractivity contribution < 1.29 is 0 Å². The minimum Gasteiger partial charge on any atom is -0.267 e. The average molecular weight is 192 g/mol. The number of rotatable bonds is 1. The normalized spacial score (nSPS) is 14.1. The van der Waals surface area contributed by atoms with Crippen LogP contribution in [0.4, 0.5) is 0 Å². The predicted molar refractivity (Wildman–Crippen MR) is 56.4 cm³/mol. The third kappa shape index (κ3) is 1.90. The number of hydrogen-bond acceptors (Lipinski definition) is 2. The van der Waals surface area contributed by atoms with Crippen molar-refractivity contribution in [3.05, 3.63) is 43.3 Å². The molecule has 0 aromatic carbocycles. The summed E-state index contributed by atoms with van der Waals surface area (Å²) in [5.41, 5.74) is -0.585. The maximum Gasteiger partial charge on any atom is 0.270 e. The van der Waals surface area contributed by atoms with Crippen LogP contribution in [0.3, 0.4) is 0 Å². The number of nitrogens with one attached hydrogen (secondary N) is 2. The van der Waals surface area contributed by atoms with Gasteiger partial charge < -0.3 is 0 Å². The Morgan fingerprint density at radius 2 is 1.57 bits per heavy atom. The van der Waals surface area contributed by atoms with Crippen LogP contribution in [0.1, 0.15) is 13.8 Å². The molecule has 4 heteroatoms. The summed E-state index contributed by atoms with van der Waals surface area (Å²) in [6.45, 7) is 3.56. The smallest absolute Gasteiger partial charge is 0.267 e. The molecule has 0 bridgehead atoms. The molecule has 0 spiro atoms. The van der Waals surface area contributed by atoms with Crippen LogP contribution < -0.4 is 21.6 Å². The average Bonchev–Trinajstić information content (AvgIpc) is 2.19. The summed E-state index contributed by atoms with van der Waals surface area (Å²) in [5, 5.41) is 5.32. The molecular weight excluding hydrogens is 180 g/mol. The van der Waals surface area contributed by atoms with Gasteiger partial charge in [-0.15, -0.1) is 0 Å². The van der Waals surface area contributed by atoms with Crippen molar-refractivity contribution in [2.75, 3.05) is 0 Å². The molecule has 0 aliphatic rings. The van der Waals surface area contributed by atoms with Gasteiger partial charge in [-0.1, -0.05) is 18.2 Å². The Morgan fingerprint density at radius 1 is 1.00 bits per heavy atom. The second kappa shape index (κ2) is 4.41. The zero-order chi connectivity index (χ0) is 10.6. The Balaban J connectivity index is 3.82. The Hall–Kier alpha value is -1.84. The molecule has 0 amide bonds. The SMILES string of the molecule is C\C=C/C=c1/c(=O)[nH][nH]c(=O)/c1=C/C. The number of aromatic amines is 2. The summed E-state index contributed by atoms with van der Waals surface area (Å²) in [6.07, 6.45) is 6.74. The lowest BCUT2D eigenvalue weighted by Crippen LogP contribution is -2.50. The van der Waals surface area contributed by atoms with Crippen LogP contribution in [-0.4, -0.2) is 10.2 Å². The van der Waals surface area contributed by atoms with E-state index in [1.54, 1.807) is 31.2 Å². The second-order valence-corrected chi connectivity index (χ2v) is 2.72. The highest BCUT2D eigenvalue weighted by atomic mass is 16.1. The van der Waals surface area contributed by atoms with E-state index in [0.717, 1.165) is 0 Å². The van der Waals surface area contributed by atoms with Crippen LogP contribution in [0, 0.1) is 0 Å². The molecule has 0 atom stereocenters. The summed E-state index contributed by atoms with van der Waals surface area (Å²) in [6, 6.07) is 0. The molecule has 0 radical (unpaired) electrons. The molecule has 0 saturated carbocycles. The molecule has 14 heavy (non-hydrogen) atoms. The first-order valence-electron chi connectivity index (χ1n) is 4.31. The minimum absolute atomic E-state index is 0.289. The van der Waals surface area contributed by atoms with Gasteiger partial charge in [0.15, 0.2) is 0 Å². The van der Waals surface area contributed by atoms with Gasteiger partial charge in [0.2, 0.25) is 0 Å². The number of aromatic nitrogens is 2. The summed E-state index contributed by atoms with van der Waals surface area (Å²) in [5.74, 6) is 0. The summed E-state index contributed by atoms with van der Waals surface area (Å²) in [7, 11) is 0. The van der Waals surface area contributed by atoms with E-state index in [9.17, 15) is 9.59 Å². The molecule has 1 heterocycles. The lowest BCUT2D eigenvalue weighted by Gasteiger charge is -1.87. The molecule has 0 saturated heterocycles. The number of hydrogen-bond donors (Lipinski definition) is 2. The zero-order valence-corrected chi connectivity index (χ0v) is 8.13. The van der Waals surface area contributed by atoms with Crippen molar-refractivity contribution >= 4 is 12.2 Å². The van der Waals surface area contributed by atoms with Crippen molar-refractivity contribution in [1.29, 1.82) is 0 Å². The topological polar surface area (TPSA) is 65.7 Å². The maximum absolute atomic E-state index is 11.3. The van der Waals surface area contributed by atoms with E-state index < -0.39 is 0 Å². The molecule has 1 aromatic rings. The van der Waals surface area contributed by atoms with Gasteiger partial charge >= 0.3 is 0 Å². The van der Waals surface area contributed by atoms with Crippen LogP contribution in [0.5, 0.6) is 0 Å². The molecule has 2 N–H and O–H groups in total. The van der Waals surface area contributed by atoms with Gasteiger partial charge in [-0.2, -0.15) is 0 Å². The lowest BCUT2D eigenvalue weighted by molar-refractivity contribution is 0.924.